The van der Waals surface area contributed by atoms with Gasteiger partial charge in [0.25, 0.3) is 0 Å². The van der Waals surface area contributed by atoms with Crippen molar-refractivity contribution in [2.24, 2.45) is 17.8 Å². The predicted molar refractivity (Wildman–Crippen MR) is 153 cm³/mol. The number of benzene rings is 1. The van der Waals surface area contributed by atoms with E-state index in [0.717, 1.165) is 24.8 Å². The van der Waals surface area contributed by atoms with Crippen LogP contribution in [0.4, 0.5) is 0 Å². The van der Waals surface area contributed by atoms with Crippen molar-refractivity contribution < 1.29 is 34.1 Å². The second-order valence-corrected chi connectivity index (χ2v) is 11.1. The van der Waals surface area contributed by atoms with Crippen LogP contribution in [0.1, 0.15) is 83.6 Å². The van der Waals surface area contributed by atoms with Crippen molar-refractivity contribution in [2.75, 3.05) is 7.11 Å². The number of ketones is 2. The van der Waals surface area contributed by atoms with Crippen LogP contribution in [0.25, 0.3) is 0 Å². The number of rotatable bonds is 18. The molecule has 8 heteroatoms. The molecule has 0 bridgehead atoms. The topological polar surface area (TPSA) is 130 Å². The van der Waals surface area contributed by atoms with Crippen molar-refractivity contribution in [3.8, 4) is 0 Å². The van der Waals surface area contributed by atoms with Gasteiger partial charge < -0.3 is 20.3 Å². The van der Waals surface area contributed by atoms with E-state index in [0.29, 0.717) is 31.6 Å². The second kappa shape index (κ2) is 17.8. The maximum atomic E-state index is 12.7. The molecule has 3 N–H and O–H groups in total. The Morgan fingerprint density at radius 2 is 1.82 bits per heavy atom. The highest BCUT2D eigenvalue weighted by Crippen LogP contribution is 2.34. The minimum absolute atomic E-state index is 0.0144. The van der Waals surface area contributed by atoms with Crippen LogP contribution in [0.5, 0.6) is 0 Å². The van der Waals surface area contributed by atoms with Crippen LogP contribution in [-0.4, -0.2) is 59.0 Å². The summed E-state index contributed by atoms with van der Waals surface area (Å²) < 4.78 is 4.83. The molecule has 0 saturated heterocycles. The largest absolute Gasteiger partial charge is 0.467 e. The molecule has 1 amide bonds. The highest BCUT2D eigenvalue weighted by Gasteiger charge is 2.40. The molecule has 0 aromatic heterocycles. The Morgan fingerprint density at radius 1 is 1.12 bits per heavy atom. The molecule has 0 heterocycles. The quantitative estimate of drug-likeness (QED) is 0.141. The van der Waals surface area contributed by atoms with Gasteiger partial charge in [0.2, 0.25) is 5.91 Å². The molecule has 6 atom stereocenters. The lowest BCUT2D eigenvalue weighted by Gasteiger charge is -2.18. The Balaban J connectivity index is 1.78. The highest BCUT2D eigenvalue weighted by atomic mass is 16.5. The summed E-state index contributed by atoms with van der Waals surface area (Å²) in [7, 11) is 1.28. The SMILES string of the molecule is CCCC[C@H](C)C[C@@H](O)C=C[C@H]1[C@H](O)CC(=O)[C@@H]1CC(=O)CCCCC(=O)N[C@@H](Cc1ccccc1)C(=O)OC. The molecule has 1 aliphatic rings. The van der Waals surface area contributed by atoms with Gasteiger partial charge in [-0.15, -0.1) is 0 Å². The zero-order chi connectivity index (χ0) is 29.5. The molecule has 0 aliphatic heterocycles. The monoisotopic (exact) mass is 557 g/mol. The van der Waals surface area contributed by atoms with Crippen LogP contribution in [0.2, 0.25) is 0 Å². The van der Waals surface area contributed by atoms with Crippen LogP contribution in [0.3, 0.4) is 0 Å². The molecule has 0 radical (unpaired) electrons. The van der Waals surface area contributed by atoms with E-state index in [1.54, 1.807) is 12.2 Å². The summed E-state index contributed by atoms with van der Waals surface area (Å²) in [6.07, 6.45) is 7.47. The molecule has 1 aliphatic carbocycles. The number of unbranched alkanes of at least 4 members (excludes halogenated alkanes) is 2. The molecule has 40 heavy (non-hydrogen) atoms. The molecular weight excluding hydrogens is 510 g/mol. The minimum atomic E-state index is -0.853. The number of hydrogen-bond donors (Lipinski definition) is 3. The summed E-state index contributed by atoms with van der Waals surface area (Å²) in [5, 5.41) is 23.5. The number of aliphatic hydroxyl groups excluding tert-OH is 2. The number of ether oxygens (including phenoxy) is 1. The van der Waals surface area contributed by atoms with Gasteiger partial charge in [-0.1, -0.05) is 75.6 Å². The molecule has 1 fully saturated rings. The number of amides is 1. The van der Waals surface area contributed by atoms with Gasteiger partial charge in [0.05, 0.1) is 19.3 Å². The Hall–Kier alpha value is -2.84. The Bertz CT molecular complexity index is 977. The van der Waals surface area contributed by atoms with Crippen LogP contribution in [0.15, 0.2) is 42.5 Å². The van der Waals surface area contributed by atoms with Crippen molar-refractivity contribution in [1.29, 1.82) is 0 Å². The van der Waals surface area contributed by atoms with Crippen molar-refractivity contribution in [3.05, 3.63) is 48.0 Å². The fraction of sp³-hybridized carbons (Fsp3) is 0.625. The maximum absolute atomic E-state index is 12.7. The Kier molecular flexibility index (Phi) is 14.8. The first-order valence-corrected chi connectivity index (χ1v) is 14.6. The van der Waals surface area contributed by atoms with E-state index in [4.69, 9.17) is 4.74 Å². The number of carbonyl (C=O) groups is 4. The molecule has 222 valence electrons. The third-order valence-corrected chi connectivity index (χ3v) is 7.64. The van der Waals surface area contributed by atoms with Crippen LogP contribution >= 0.6 is 0 Å². The van der Waals surface area contributed by atoms with E-state index in [1.807, 2.05) is 30.3 Å². The lowest BCUT2D eigenvalue weighted by molar-refractivity contribution is -0.145. The van der Waals surface area contributed by atoms with Crippen molar-refractivity contribution in [3.63, 3.8) is 0 Å². The highest BCUT2D eigenvalue weighted by molar-refractivity contribution is 5.90. The summed E-state index contributed by atoms with van der Waals surface area (Å²) >= 11 is 0. The first-order valence-electron chi connectivity index (χ1n) is 14.6. The standard InChI is InChI=1S/C32H47NO7/c1-4-5-11-22(2)18-25(35)16-17-26-27(30(37)21-29(26)36)20-24(34)14-9-10-15-31(38)33-28(32(39)40-3)19-23-12-7-6-8-13-23/h6-8,12-13,16-17,22,25-29,35-36H,4-5,9-11,14-15,18-21H2,1-3H3,(H,33,38)/t22-,25-,26+,27+,28-,29+/m0/s1. The zero-order valence-corrected chi connectivity index (χ0v) is 24.2. The van der Waals surface area contributed by atoms with Gasteiger partial charge in [-0.05, 0) is 30.7 Å². The smallest absolute Gasteiger partial charge is 0.328 e. The molecule has 1 saturated carbocycles. The lowest BCUT2D eigenvalue weighted by Crippen LogP contribution is -2.43. The fourth-order valence-electron chi connectivity index (χ4n) is 5.31. The van der Waals surface area contributed by atoms with Gasteiger partial charge in [0.15, 0.2) is 0 Å². The van der Waals surface area contributed by atoms with Gasteiger partial charge in [0, 0.05) is 43.9 Å². The van der Waals surface area contributed by atoms with Crippen molar-refractivity contribution >= 4 is 23.4 Å². The van der Waals surface area contributed by atoms with Crippen LogP contribution in [-0.2, 0) is 30.3 Å². The van der Waals surface area contributed by atoms with E-state index < -0.39 is 36.1 Å². The van der Waals surface area contributed by atoms with Gasteiger partial charge in [-0.3, -0.25) is 14.4 Å². The van der Waals surface area contributed by atoms with E-state index in [2.05, 4.69) is 19.2 Å². The lowest BCUT2D eigenvalue weighted by atomic mass is 9.87. The molecule has 0 spiro atoms. The van der Waals surface area contributed by atoms with Gasteiger partial charge in [-0.2, -0.15) is 0 Å². The Morgan fingerprint density at radius 3 is 2.50 bits per heavy atom. The third kappa shape index (κ3) is 11.7. The first kappa shape index (κ1) is 33.4. The molecule has 1 aromatic rings. The number of aliphatic hydroxyl groups is 2. The average molecular weight is 558 g/mol. The second-order valence-electron chi connectivity index (χ2n) is 11.1. The van der Waals surface area contributed by atoms with E-state index in [-0.39, 0.29) is 43.2 Å². The number of Topliss-reactive ketones (excluding diaryl/α,β-unsaturated/α-hetero) is 2. The van der Waals surface area contributed by atoms with Gasteiger partial charge in [-0.25, -0.2) is 4.79 Å². The fourth-order valence-corrected chi connectivity index (χ4v) is 5.31. The van der Waals surface area contributed by atoms with E-state index >= 15 is 0 Å². The Labute approximate surface area is 238 Å². The molecule has 1 aromatic carbocycles. The van der Waals surface area contributed by atoms with E-state index in [9.17, 15) is 29.4 Å². The number of hydrogen-bond acceptors (Lipinski definition) is 7. The van der Waals surface area contributed by atoms with Gasteiger partial charge in [0.1, 0.15) is 17.6 Å². The van der Waals surface area contributed by atoms with Crippen LogP contribution in [0, 0.1) is 17.8 Å². The van der Waals surface area contributed by atoms with Crippen molar-refractivity contribution in [1.82, 2.24) is 5.32 Å². The summed E-state index contributed by atoms with van der Waals surface area (Å²) in [5.74, 6) is -1.72. The average Bonchev–Trinajstić information content (AvgIpc) is 3.19. The number of nitrogens with one attached hydrogen (secondary N) is 1. The predicted octanol–water partition coefficient (Wildman–Crippen LogP) is 4.11. The van der Waals surface area contributed by atoms with Crippen molar-refractivity contribution in [2.45, 2.75) is 103 Å². The first-order chi connectivity index (χ1) is 19.1. The van der Waals surface area contributed by atoms with Gasteiger partial charge >= 0.3 is 5.97 Å². The molecule has 8 nitrogen and oxygen atoms in total. The normalized spacial score (nSPS) is 21.2. The summed E-state index contributed by atoms with van der Waals surface area (Å²) in [5.41, 5.74) is 0.902. The molecular formula is C32H47NO7. The van der Waals surface area contributed by atoms with Crippen LogP contribution < -0.4 is 5.32 Å². The zero-order valence-electron chi connectivity index (χ0n) is 24.2. The summed E-state index contributed by atoms with van der Waals surface area (Å²) in [6, 6.07) is 8.56. The minimum Gasteiger partial charge on any atom is -0.467 e. The maximum Gasteiger partial charge on any atom is 0.328 e. The summed E-state index contributed by atoms with van der Waals surface area (Å²) in [4.78, 5) is 49.8. The molecule has 0 unspecified atom stereocenters. The number of methoxy groups -OCH3 is 1. The number of esters is 1. The third-order valence-electron chi connectivity index (χ3n) is 7.64. The van der Waals surface area contributed by atoms with E-state index in [1.165, 1.54) is 7.11 Å². The molecule has 2 rings (SSSR count). The summed E-state index contributed by atoms with van der Waals surface area (Å²) in [6.45, 7) is 4.24. The number of carbonyl (C=O) groups excluding carboxylic acids is 4.